The Morgan fingerprint density at radius 2 is 1.95 bits per heavy atom. The summed E-state index contributed by atoms with van der Waals surface area (Å²) >= 11 is 11.9. The van der Waals surface area contributed by atoms with E-state index < -0.39 is 0 Å². The minimum atomic E-state index is 0.488. The van der Waals surface area contributed by atoms with E-state index in [1.807, 2.05) is 19.1 Å². The summed E-state index contributed by atoms with van der Waals surface area (Å²) in [6.45, 7) is 1.81. The average Bonchev–Trinajstić information content (AvgIpc) is 2.42. The third-order valence-electron chi connectivity index (χ3n) is 2.48. The highest BCUT2D eigenvalue weighted by molar-refractivity contribution is 6.42. The Hall–Kier alpha value is -1.65. The largest absolute Gasteiger partial charge is 0.399 e. The fourth-order valence-corrected chi connectivity index (χ4v) is 1.85. The lowest BCUT2D eigenvalue weighted by atomic mass is 10.1. The molecule has 0 fully saturated rings. The molecule has 0 saturated heterocycles. The van der Waals surface area contributed by atoms with Gasteiger partial charge in [-0.05, 0) is 25.1 Å². The number of rotatable bonds is 3. The number of hydrogen-bond acceptors (Lipinski definition) is 4. The van der Waals surface area contributed by atoms with Gasteiger partial charge < -0.3 is 4.84 Å². The highest BCUT2D eigenvalue weighted by atomic mass is 35.5. The van der Waals surface area contributed by atoms with Gasteiger partial charge in [-0.2, -0.15) is 0 Å². The fourth-order valence-electron chi connectivity index (χ4n) is 1.55. The highest BCUT2D eigenvalue weighted by Gasteiger charge is 2.07. The van der Waals surface area contributed by atoms with Gasteiger partial charge >= 0.3 is 0 Å². The zero-order chi connectivity index (χ0) is 13.8. The van der Waals surface area contributed by atoms with Crippen LogP contribution in [0.5, 0.6) is 0 Å². The van der Waals surface area contributed by atoms with Gasteiger partial charge in [-0.1, -0.05) is 34.4 Å². The van der Waals surface area contributed by atoms with Crippen molar-refractivity contribution in [3.63, 3.8) is 0 Å². The number of aromatic nitrogens is 2. The molecule has 0 unspecified atom stereocenters. The summed E-state index contributed by atoms with van der Waals surface area (Å²) < 4.78 is 0. The molecular weight excluding hydrogens is 285 g/mol. The molecule has 0 aliphatic carbocycles. The number of oxime groups is 1. The molecule has 0 radical (unpaired) electrons. The van der Waals surface area contributed by atoms with Crippen LogP contribution in [0.3, 0.4) is 0 Å². The fraction of sp³-hybridized carbons (Fsp3) is 0.154. The average molecular weight is 296 g/mol. The molecule has 0 aliphatic rings. The van der Waals surface area contributed by atoms with Crippen molar-refractivity contribution in [2.24, 2.45) is 5.16 Å². The van der Waals surface area contributed by atoms with E-state index in [0.29, 0.717) is 21.5 Å². The Labute approximate surface area is 121 Å². The van der Waals surface area contributed by atoms with E-state index in [0.717, 1.165) is 11.3 Å². The Bertz CT molecular complexity index is 629. The van der Waals surface area contributed by atoms with Gasteiger partial charge in [0.1, 0.15) is 19.1 Å². The van der Waals surface area contributed by atoms with E-state index in [2.05, 4.69) is 15.1 Å². The molecule has 2 aromatic rings. The molecule has 0 aliphatic heterocycles. The molecule has 0 amide bonds. The zero-order valence-corrected chi connectivity index (χ0v) is 11.9. The summed E-state index contributed by atoms with van der Waals surface area (Å²) in [5.41, 5.74) is 2.97. The van der Waals surface area contributed by atoms with Crippen LogP contribution in [-0.2, 0) is 4.84 Å². The molecule has 0 bridgehead atoms. The van der Waals surface area contributed by atoms with E-state index in [-0.39, 0.29) is 0 Å². The Balaban J connectivity index is 2.43. The topological polar surface area (TPSA) is 47.4 Å². The lowest BCUT2D eigenvalue weighted by Crippen LogP contribution is -2.00. The number of hydrogen-bond donors (Lipinski definition) is 0. The molecule has 19 heavy (non-hydrogen) atoms. The Morgan fingerprint density at radius 3 is 2.63 bits per heavy atom. The molecule has 0 spiro atoms. The summed E-state index contributed by atoms with van der Waals surface area (Å²) in [6, 6.07) is 7.16. The summed E-state index contributed by atoms with van der Waals surface area (Å²) in [4.78, 5) is 13.1. The van der Waals surface area contributed by atoms with E-state index in [4.69, 9.17) is 28.0 Å². The summed E-state index contributed by atoms with van der Waals surface area (Å²) in [7, 11) is 1.49. The summed E-state index contributed by atoms with van der Waals surface area (Å²) in [6.07, 6.45) is 1.47. The quantitative estimate of drug-likeness (QED) is 0.639. The first kappa shape index (κ1) is 13.8. The molecule has 1 aromatic carbocycles. The maximum Gasteiger partial charge on any atom is 0.116 e. The molecule has 2 rings (SSSR count). The van der Waals surface area contributed by atoms with Crippen LogP contribution in [0, 0.1) is 0 Å². The van der Waals surface area contributed by atoms with E-state index in [1.165, 1.54) is 13.4 Å². The molecule has 0 N–H and O–H groups in total. The van der Waals surface area contributed by atoms with Crippen LogP contribution in [0.1, 0.15) is 12.6 Å². The van der Waals surface area contributed by atoms with E-state index in [9.17, 15) is 0 Å². The SMILES string of the molecule is CON=C(C)c1cc(-c2ccc(Cl)c(Cl)c2)ncn1. The summed E-state index contributed by atoms with van der Waals surface area (Å²) in [5.74, 6) is 0. The Kier molecular flexibility index (Phi) is 4.35. The standard InChI is InChI=1S/C13H11Cl2N3O/c1-8(18-19-2)12-6-13(17-7-16-12)9-3-4-10(14)11(15)5-9/h3-7H,1-2H3. The first-order valence-corrected chi connectivity index (χ1v) is 6.23. The van der Waals surface area contributed by atoms with Crippen LogP contribution >= 0.6 is 23.2 Å². The van der Waals surface area contributed by atoms with Gasteiger partial charge in [-0.25, -0.2) is 9.97 Å². The molecule has 98 valence electrons. The molecule has 0 saturated carbocycles. The van der Waals surface area contributed by atoms with E-state index in [1.54, 1.807) is 12.1 Å². The van der Waals surface area contributed by atoms with Gasteiger partial charge in [0, 0.05) is 5.56 Å². The maximum absolute atomic E-state index is 6.00. The monoisotopic (exact) mass is 295 g/mol. The van der Waals surface area contributed by atoms with Gasteiger partial charge in [0.2, 0.25) is 0 Å². The smallest absolute Gasteiger partial charge is 0.116 e. The number of nitrogens with zero attached hydrogens (tertiary/aromatic N) is 3. The predicted octanol–water partition coefficient (Wildman–Crippen LogP) is 3.82. The van der Waals surface area contributed by atoms with Crippen molar-refractivity contribution >= 4 is 28.9 Å². The van der Waals surface area contributed by atoms with Gasteiger partial charge in [0.25, 0.3) is 0 Å². The second kappa shape index (κ2) is 5.99. The van der Waals surface area contributed by atoms with Gasteiger partial charge in [-0.3, -0.25) is 0 Å². The second-order valence-electron chi connectivity index (χ2n) is 3.78. The molecule has 6 heteroatoms. The zero-order valence-electron chi connectivity index (χ0n) is 10.4. The van der Waals surface area contributed by atoms with Gasteiger partial charge in [-0.15, -0.1) is 0 Å². The van der Waals surface area contributed by atoms with Crippen molar-refractivity contribution in [2.75, 3.05) is 7.11 Å². The van der Waals surface area contributed by atoms with Crippen molar-refractivity contribution in [3.05, 3.63) is 46.3 Å². The summed E-state index contributed by atoms with van der Waals surface area (Å²) in [5, 5.41) is 4.84. The lowest BCUT2D eigenvalue weighted by molar-refractivity contribution is 0.213. The number of benzene rings is 1. The van der Waals surface area contributed by atoms with Crippen LogP contribution < -0.4 is 0 Å². The van der Waals surface area contributed by atoms with Crippen LogP contribution in [0.2, 0.25) is 10.0 Å². The molecule has 0 atom stereocenters. The van der Waals surface area contributed by atoms with Crippen molar-refractivity contribution in [1.29, 1.82) is 0 Å². The maximum atomic E-state index is 6.00. The minimum absolute atomic E-state index is 0.488. The van der Waals surface area contributed by atoms with Crippen LogP contribution in [-0.4, -0.2) is 22.8 Å². The Morgan fingerprint density at radius 1 is 1.16 bits per heavy atom. The first-order valence-electron chi connectivity index (χ1n) is 5.47. The molecular formula is C13H11Cl2N3O. The molecule has 1 heterocycles. The van der Waals surface area contributed by atoms with Gasteiger partial charge in [0.15, 0.2) is 0 Å². The van der Waals surface area contributed by atoms with Gasteiger partial charge in [0.05, 0.1) is 21.4 Å². The third kappa shape index (κ3) is 3.22. The normalized spacial score (nSPS) is 11.5. The van der Waals surface area contributed by atoms with Crippen molar-refractivity contribution in [2.45, 2.75) is 6.92 Å². The highest BCUT2D eigenvalue weighted by Crippen LogP contribution is 2.27. The van der Waals surface area contributed by atoms with Crippen LogP contribution in [0.4, 0.5) is 0 Å². The minimum Gasteiger partial charge on any atom is -0.399 e. The number of halogens is 2. The molecule has 1 aromatic heterocycles. The van der Waals surface area contributed by atoms with Crippen molar-refractivity contribution in [3.8, 4) is 11.3 Å². The van der Waals surface area contributed by atoms with Crippen molar-refractivity contribution < 1.29 is 4.84 Å². The van der Waals surface area contributed by atoms with Crippen LogP contribution in [0.25, 0.3) is 11.3 Å². The van der Waals surface area contributed by atoms with E-state index >= 15 is 0 Å². The predicted molar refractivity (Wildman–Crippen MR) is 76.7 cm³/mol. The first-order chi connectivity index (χ1) is 9.11. The van der Waals surface area contributed by atoms with Crippen molar-refractivity contribution in [1.82, 2.24) is 9.97 Å². The van der Waals surface area contributed by atoms with Crippen LogP contribution in [0.15, 0.2) is 35.7 Å². The third-order valence-corrected chi connectivity index (χ3v) is 3.22. The second-order valence-corrected chi connectivity index (χ2v) is 4.59. The molecule has 4 nitrogen and oxygen atoms in total. The lowest BCUT2D eigenvalue weighted by Gasteiger charge is -2.04.